The van der Waals surface area contributed by atoms with E-state index in [9.17, 15) is 9.59 Å². The smallest absolute Gasteiger partial charge is 0.261 e. The number of aromatic nitrogens is 2. The molecule has 0 aliphatic carbocycles. The van der Waals surface area contributed by atoms with Gasteiger partial charge in [-0.1, -0.05) is 19.1 Å². The molecule has 0 radical (unpaired) electrons. The van der Waals surface area contributed by atoms with Crippen molar-refractivity contribution < 1.29 is 4.79 Å². The third-order valence-corrected chi connectivity index (χ3v) is 3.74. The largest absolute Gasteiger partial charge is 0.355 e. The van der Waals surface area contributed by atoms with Gasteiger partial charge in [-0.3, -0.25) is 14.2 Å². The summed E-state index contributed by atoms with van der Waals surface area (Å²) in [6, 6.07) is 7.20. The Balaban J connectivity index is 2.50. The number of halogens is 1. The summed E-state index contributed by atoms with van der Waals surface area (Å²) in [5.41, 5.74) is 0.521. The Morgan fingerprint density at radius 2 is 2.14 bits per heavy atom. The molecule has 112 valence electrons. The van der Waals surface area contributed by atoms with Crippen molar-refractivity contribution in [2.24, 2.45) is 0 Å². The molecule has 0 aliphatic heterocycles. The fraction of sp³-hybridized carbons (Fsp3) is 0.400. The standard InChI is InChI=1S/C15H18ClN3O2/c1-3-12(16)14-18-13-7-5-4-6-11(13)15(21)19(14)9-8-17-10(2)20/h4-7,12H,3,8-9H2,1-2H3,(H,17,20). The summed E-state index contributed by atoms with van der Waals surface area (Å²) in [5, 5.41) is 2.91. The zero-order chi connectivity index (χ0) is 15.4. The highest BCUT2D eigenvalue weighted by Crippen LogP contribution is 2.22. The van der Waals surface area contributed by atoms with E-state index in [1.165, 1.54) is 6.92 Å². The molecule has 1 unspecified atom stereocenters. The maximum Gasteiger partial charge on any atom is 0.261 e. The van der Waals surface area contributed by atoms with Crippen LogP contribution in [-0.2, 0) is 11.3 Å². The van der Waals surface area contributed by atoms with E-state index in [1.807, 2.05) is 13.0 Å². The first-order valence-corrected chi connectivity index (χ1v) is 7.36. The van der Waals surface area contributed by atoms with Gasteiger partial charge in [0.05, 0.1) is 16.3 Å². The molecule has 1 aromatic carbocycles. The summed E-state index contributed by atoms with van der Waals surface area (Å²) < 4.78 is 1.56. The van der Waals surface area contributed by atoms with Crippen LogP contribution in [0.3, 0.4) is 0 Å². The Hall–Kier alpha value is -1.88. The van der Waals surface area contributed by atoms with Crippen molar-refractivity contribution in [1.29, 1.82) is 0 Å². The number of amides is 1. The molecule has 5 nitrogen and oxygen atoms in total. The average Bonchev–Trinajstić information content (AvgIpc) is 2.48. The predicted molar refractivity (Wildman–Crippen MR) is 83.6 cm³/mol. The molecular weight excluding hydrogens is 290 g/mol. The van der Waals surface area contributed by atoms with Gasteiger partial charge in [0.2, 0.25) is 5.91 Å². The molecule has 21 heavy (non-hydrogen) atoms. The van der Waals surface area contributed by atoms with Crippen LogP contribution in [0.4, 0.5) is 0 Å². The van der Waals surface area contributed by atoms with Crippen molar-refractivity contribution in [3.8, 4) is 0 Å². The number of nitrogens with zero attached hydrogens (tertiary/aromatic N) is 2. The van der Waals surface area contributed by atoms with Crippen molar-refractivity contribution in [2.75, 3.05) is 6.54 Å². The van der Waals surface area contributed by atoms with Gasteiger partial charge in [0, 0.05) is 20.0 Å². The molecular formula is C15H18ClN3O2. The number of benzene rings is 1. The topological polar surface area (TPSA) is 64.0 Å². The summed E-state index contributed by atoms with van der Waals surface area (Å²) in [6.45, 7) is 4.11. The second kappa shape index (κ2) is 6.72. The number of carbonyl (C=O) groups is 1. The number of fused-ring (bicyclic) bond motifs is 1. The third kappa shape index (κ3) is 3.42. The number of hydrogen-bond donors (Lipinski definition) is 1. The second-order valence-electron chi connectivity index (χ2n) is 4.80. The Kier molecular flexibility index (Phi) is 4.96. The normalized spacial score (nSPS) is 12.3. The molecule has 0 saturated heterocycles. The minimum Gasteiger partial charge on any atom is -0.355 e. The third-order valence-electron chi connectivity index (χ3n) is 3.24. The lowest BCUT2D eigenvalue weighted by Crippen LogP contribution is -2.32. The predicted octanol–water partition coefficient (Wildman–Crippen LogP) is 2.22. The number of nitrogens with one attached hydrogen (secondary N) is 1. The van der Waals surface area contributed by atoms with Crippen LogP contribution >= 0.6 is 11.6 Å². The number of para-hydroxylation sites is 1. The highest BCUT2D eigenvalue weighted by Gasteiger charge is 2.16. The van der Waals surface area contributed by atoms with Crippen LogP contribution in [0.1, 0.15) is 31.5 Å². The Morgan fingerprint density at radius 1 is 1.43 bits per heavy atom. The zero-order valence-corrected chi connectivity index (χ0v) is 12.9. The van der Waals surface area contributed by atoms with Gasteiger partial charge in [-0.15, -0.1) is 11.6 Å². The zero-order valence-electron chi connectivity index (χ0n) is 12.1. The van der Waals surface area contributed by atoms with E-state index >= 15 is 0 Å². The fourth-order valence-corrected chi connectivity index (χ4v) is 2.33. The van der Waals surface area contributed by atoms with Crippen LogP contribution in [0.15, 0.2) is 29.1 Å². The average molecular weight is 308 g/mol. The van der Waals surface area contributed by atoms with Crippen molar-refractivity contribution >= 4 is 28.4 Å². The summed E-state index contributed by atoms with van der Waals surface area (Å²) in [5.74, 6) is 0.421. The van der Waals surface area contributed by atoms with Crippen molar-refractivity contribution in [1.82, 2.24) is 14.9 Å². The Labute approximate surface area is 127 Å². The fourth-order valence-electron chi connectivity index (χ4n) is 2.17. The highest BCUT2D eigenvalue weighted by atomic mass is 35.5. The molecule has 2 rings (SSSR count). The van der Waals surface area contributed by atoms with Crippen molar-refractivity contribution in [2.45, 2.75) is 32.2 Å². The van der Waals surface area contributed by atoms with Gasteiger partial charge >= 0.3 is 0 Å². The first kappa shape index (κ1) is 15.5. The number of rotatable bonds is 5. The summed E-state index contributed by atoms with van der Waals surface area (Å²) in [4.78, 5) is 28.1. The SMILES string of the molecule is CCC(Cl)c1nc2ccccc2c(=O)n1CCNC(C)=O. The molecule has 0 bridgehead atoms. The molecule has 1 N–H and O–H groups in total. The van der Waals surface area contributed by atoms with Gasteiger partial charge in [0.15, 0.2) is 0 Å². The summed E-state index contributed by atoms with van der Waals surface area (Å²) in [7, 11) is 0. The second-order valence-corrected chi connectivity index (χ2v) is 5.33. The maximum atomic E-state index is 12.6. The van der Waals surface area contributed by atoms with Crippen LogP contribution < -0.4 is 10.9 Å². The van der Waals surface area contributed by atoms with E-state index in [1.54, 1.807) is 22.8 Å². The Bertz CT molecular complexity index is 712. The lowest BCUT2D eigenvalue weighted by atomic mass is 10.2. The lowest BCUT2D eigenvalue weighted by Gasteiger charge is -2.16. The van der Waals surface area contributed by atoms with Crippen LogP contribution in [0, 0.1) is 0 Å². The van der Waals surface area contributed by atoms with Gasteiger partial charge in [-0.2, -0.15) is 0 Å². The first-order chi connectivity index (χ1) is 10.0. The number of alkyl halides is 1. The molecule has 0 aliphatic rings. The van der Waals surface area contributed by atoms with E-state index in [2.05, 4.69) is 10.3 Å². The molecule has 0 fully saturated rings. The number of carbonyl (C=O) groups excluding carboxylic acids is 1. The van der Waals surface area contributed by atoms with Crippen LogP contribution in [0.5, 0.6) is 0 Å². The van der Waals surface area contributed by atoms with E-state index < -0.39 is 0 Å². The minimum absolute atomic E-state index is 0.125. The molecule has 2 aromatic rings. The first-order valence-electron chi connectivity index (χ1n) is 6.92. The molecule has 0 spiro atoms. The van der Waals surface area contributed by atoms with Crippen LogP contribution in [0.25, 0.3) is 10.9 Å². The lowest BCUT2D eigenvalue weighted by molar-refractivity contribution is -0.118. The van der Waals surface area contributed by atoms with E-state index in [4.69, 9.17) is 11.6 Å². The van der Waals surface area contributed by atoms with Crippen LogP contribution in [-0.4, -0.2) is 22.0 Å². The molecule has 1 heterocycles. The quantitative estimate of drug-likeness (QED) is 0.862. The van der Waals surface area contributed by atoms with Gasteiger partial charge in [-0.05, 0) is 18.6 Å². The molecule has 1 atom stereocenters. The summed E-state index contributed by atoms with van der Waals surface area (Å²) >= 11 is 6.30. The number of hydrogen-bond acceptors (Lipinski definition) is 3. The van der Waals surface area contributed by atoms with E-state index in [-0.39, 0.29) is 16.8 Å². The summed E-state index contributed by atoms with van der Waals surface area (Å²) in [6.07, 6.45) is 0.673. The van der Waals surface area contributed by atoms with Gasteiger partial charge < -0.3 is 5.32 Å². The molecule has 0 saturated carbocycles. The molecule has 1 aromatic heterocycles. The molecule has 6 heteroatoms. The molecule has 1 amide bonds. The van der Waals surface area contributed by atoms with Gasteiger partial charge in [-0.25, -0.2) is 4.98 Å². The van der Waals surface area contributed by atoms with Crippen molar-refractivity contribution in [3.05, 3.63) is 40.4 Å². The van der Waals surface area contributed by atoms with Gasteiger partial charge in [0.25, 0.3) is 5.56 Å². The van der Waals surface area contributed by atoms with Crippen LogP contribution in [0.2, 0.25) is 0 Å². The van der Waals surface area contributed by atoms with E-state index in [0.717, 1.165) is 0 Å². The van der Waals surface area contributed by atoms with Crippen molar-refractivity contribution in [3.63, 3.8) is 0 Å². The monoisotopic (exact) mass is 307 g/mol. The highest BCUT2D eigenvalue weighted by molar-refractivity contribution is 6.20. The minimum atomic E-state index is -0.334. The van der Waals surface area contributed by atoms with E-state index in [0.29, 0.717) is 36.2 Å². The maximum absolute atomic E-state index is 12.6. The Morgan fingerprint density at radius 3 is 2.81 bits per heavy atom. The van der Waals surface area contributed by atoms with Gasteiger partial charge in [0.1, 0.15) is 5.82 Å².